The highest BCUT2D eigenvalue weighted by molar-refractivity contribution is 7.09. The Morgan fingerprint density at radius 1 is 1.00 bits per heavy atom. The van der Waals surface area contributed by atoms with Gasteiger partial charge in [0.25, 0.3) is 5.91 Å². The van der Waals surface area contributed by atoms with Crippen LogP contribution in [-0.2, 0) is 13.1 Å². The van der Waals surface area contributed by atoms with Crippen LogP contribution in [0.4, 0.5) is 10.5 Å². The average Bonchev–Trinajstić information content (AvgIpc) is 3.34. The van der Waals surface area contributed by atoms with Gasteiger partial charge in [-0.1, -0.05) is 48.5 Å². The first-order valence-electron chi connectivity index (χ1n) is 12.5. The summed E-state index contributed by atoms with van der Waals surface area (Å²) in [6, 6.07) is 16.2. The second-order valence-corrected chi connectivity index (χ2v) is 10.5. The topological polar surface area (TPSA) is 68.8 Å². The molecule has 1 fully saturated rings. The highest BCUT2D eigenvalue weighted by atomic mass is 32.1. The number of rotatable bonds is 7. The molecule has 1 saturated heterocycles. The van der Waals surface area contributed by atoms with Gasteiger partial charge in [-0.15, -0.1) is 11.3 Å². The molecule has 3 aromatic rings. The van der Waals surface area contributed by atoms with Crippen molar-refractivity contribution < 1.29 is 9.59 Å². The molecular formula is C28H35N5O2S. The highest BCUT2D eigenvalue weighted by Crippen LogP contribution is 2.22. The van der Waals surface area contributed by atoms with Gasteiger partial charge in [-0.3, -0.25) is 9.69 Å². The van der Waals surface area contributed by atoms with E-state index in [1.807, 2.05) is 62.2 Å². The summed E-state index contributed by atoms with van der Waals surface area (Å²) in [4.78, 5) is 36.9. The normalized spacial score (nSPS) is 14.2. The van der Waals surface area contributed by atoms with E-state index < -0.39 is 0 Å². The fourth-order valence-electron chi connectivity index (χ4n) is 4.42. The molecule has 36 heavy (non-hydrogen) atoms. The van der Waals surface area contributed by atoms with Crippen LogP contribution in [0.15, 0.2) is 53.9 Å². The number of nitrogens with one attached hydrogen (secondary N) is 1. The van der Waals surface area contributed by atoms with Gasteiger partial charge in [-0.05, 0) is 44.4 Å². The lowest BCUT2D eigenvalue weighted by molar-refractivity contribution is 0.0623. The Bertz CT molecular complexity index is 1170. The first-order chi connectivity index (χ1) is 17.3. The second kappa shape index (κ2) is 11.7. The molecule has 0 atom stereocenters. The molecule has 1 N–H and O–H groups in total. The van der Waals surface area contributed by atoms with E-state index in [1.54, 1.807) is 4.90 Å². The van der Waals surface area contributed by atoms with Crippen molar-refractivity contribution in [2.45, 2.75) is 46.8 Å². The number of urea groups is 1. The molecule has 1 aliphatic rings. The molecule has 2 heterocycles. The Hall–Kier alpha value is -3.23. The highest BCUT2D eigenvalue weighted by Gasteiger charge is 2.25. The summed E-state index contributed by atoms with van der Waals surface area (Å²) in [6.07, 6.45) is 0. The molecule has 0 radical (unpaired) electrons. The third kappa shape index (κ3) is 6.30. The van der Waals surface area contributed by atoms with Crippen molar-refractivity contribution in [3.8, 4) is 0 Å². The molecule has 0 aliphatic carbocycles. The SMILES string of the molecule is Cc1cccc(C)c1NC(=O)N(Cc1nc(C(=O)N2CCN(Cc3ccccc3)CC2)cs1)C(C)C. The molecule has 8 heteroatoms. The quantitative estimate of drug-likeness (QED) is 0.482. The number of benzene rings is 2. The van der Waals surface area contributed by atoms with Gasteiger partial charge in [0.15, 0.2) is 0 Å². The van der Waals surface area contributed by atoms with Crippen LogP contribution in [0.5, 0.6) is 0 Å². The minimum Gasteiger partial charge on any atom is -0.335 e. The average molecular weight is 506 g/mol. The van der Waals surface area contributed by atoms with Crippen LogP contribution in [0.2, 0.25) is 0 Å². The van der Waals surface area contributed by atoms with E-state index in [0.29, 0.717) is 25.3 Å². The number of carbonyl (C=O) groups excluding carboxylic acids is 2. The van der Waals surface area contributed by atoms with Crippen molar-refractivity contribution in [3.05, 3.63) is 81.3 Å². The lowest BCUT2D eigenvalue weighted by Crippen LogP contribution is -2.48. The zero-order valence-electron chi connectivity index (χ0n) is 21.5. The Morgan fingerprint density at radius 2 is 1.67 bits per heavy atom. The van der Waals surface area contributed by atoms with Crippen LogP contribution < -0.4 is 5.32 Å². The summed E-state index contributed by atoms with van der Waals surface area (Å²) in [5, 5.41) is 5.64. The molecule has 0 saturated carbocycles. The summed E-state index contributed by atoms with van der Waals surface area (Å²) in [5.41, 5.74) is 4.65. The number of piperazine rings is 1. The van der Waals surface area contributed by atoms with Gasteiger partial charge in [-0.25, -0.2) is 9.78 Å². The second-order valence-electron chi connectivity index (χ2n) is 9.60. The number of aromatic nitrogens is 1. The van der Waals surface area contributed by atoms with Gasteiger partial charge in [0.1, 0.15) is 10.7 Å². The number of carbonyl (C=O) groups is 2. The van der Waals surface area contributed by atoms with Crippen LogP contribution >= 0.6 is 11.3 Å². The molecule has 3 amide bonds. The summed E-state index contributed by atoms with van der Waals surface area (Å²) in [7, 11) is 0. The van der Waals surface area contributed by atoms with Crippen LogP contribution in [0, 0.1) is 13.8 Å². The predicted molar refractivity (Wildman–Crippen MR) is 145 cm³/mol. The van der Waals surface area contributed by atoms with E-state index in [-0.39, 0.29) is 18.0 Å². The van der Waals surface area contributed by atoms with Gasteiger partial charge >= 0.3 is 6.03 Å². The molecular weight excluding hydrogens is 470 g/mol. The van der Waals surface area contributed by atoms with Crippen molar-refractivity contribution in [2.75, 3.05) is 31.5 Å². The smallest absolute Gasteiger partial charge is 0.322 e. The third-order valence-corrected chi connectivity index (χ3v) is 7.42. The summed E-state index contributed by atoms with van der Waals surface area (Å²) < 4.78 is 0. The molecule has 4 rings (SSSR count). The Morgan fingerprint density at radius 3 is 2.31 bits per heavy atom. The maximum atomic E-state index is 13.1. The van der Waals surface area contributed by atoms with E-state index in [0.717, 1.165) is 41.5 Å². The van der Waals surface area contributed by atoms with Gasteiger partial charge in [-0.2, -0.15) is 0 Å². The molecule has 0 bridgehead atoms. The summed E-state index contributed by atoms with van der Waals surface area (Å²) in [6.45, 7) is 12.3. The Kier molecular flexibility index (Phi) is 8.38. The standard InChI is InChI=1S/C28H35N5O2S/c1-20(2)33(28(35)30-26-21(3)9-8-10-22(26)4)18-25-29-24(19-36-25)27(34)32-15-13-31(14-16-32)17-23-11-6-5-7-12-23/h5-12,19-20H,13-18H2,1-4H3,(H,30,35). The monoisotopic (exact) mass is 505 g/mol. The first-order valence-corrected chi connectivity index (χ1v) is 13.3. The van der Waals surface area contributed by atoms with E-state index in [4.69, 9.17) is 0 Å². The van der Waals surface area contributed by atoms with Crippen LogP contribution in [-0.4, -0.2) is 63.8 Å². The molecule has 2 aromatic carbocycles. The number of hydrogen-bond donors (Lipinski definition) is 1. The van der Waals surface area contributed by atoms with E-state index in [2.05, 4.69) is 39.5 Å². The van der Waals surface area contributed by atoms with Gasteiger partial charge in [0.05, 0.1) is 6.54 Å². The lowest BCUT2D eigenvalue weighted by Gasteiger charge is -2.34. The zero-order valence-corrected chi connectivity index (χ0v) is 22.3. The maximum Gasteiger partial charge on any atom is 0.322 e. The minimum atomic E-state index is -0.167. The van der Waals surface area contributed by atoms with Crippen LogP contribution in [0.25, 0.3) is 0 Å². The van der Waals surface area contributed by atoms with Crippen molar-refractivity contribution in [2.24, 2.45) is 0 Å². The number of aryl methyl sites for hydroxylation is 2. The molecule has 7 nitrogen and oxygen atoms in total. The summed E-state index contributed by atoms with van der Waals surface area (Å²) in [5.74, 6) is -0.0343. The number of amides is 3. The van der Waals surface area contributed by atoms with Crippen LogP contribution in [0.3, 0.4) is 0 Å². The van der Waals surface area contributed by atoms with Crippen molar-refractivity contribution in [1.82, 2.24) is 19.7 Å². The molecule has 1 aromatic heterocycles. The minimum absolute atomic E-state index is 0.0185. The molecule has 0 unspecified atom stereocenters. The third-order valence-electron chi connectivity index (χ3n) is 6.58. The van der Waals surface area contributed by atoms with Gasteiger partial charge < -0.3 is 15.1 Å². The van der Waals surface area contributed by atoms with Gasteiger partial charge in [0, 0.05) is 49.8 Å². The summed E-state index contributed by atoms with van der Waals surface area (Å²) >= 11 is 1.43. The van der Waals surface area contributed by atoms with Crippen molar-refractivity contribution in [1.29, 1.82) is 0 Å². The van der Waals surface area contributed by atoms with Gasteiger partial charge in [0.2, 0.25) is 0 Å². The molecule has 1 aliphatic heterocycles. The number of anilines is 1. The molecule has 190 valence electrons. The largest absolute Gasteiger partial charge is 0.335 e. The first kappa shape index (κ1) is 25.9. The number of nitrogens with zero attached hydrogens (tertiary/aromatic N) is 4. The predicted octanol–water partition coefficient (Wildman–Crippen LogP) is 5.16. The lowest BCUT2D eigenvalue weighted by atomic mass is 10.1. The number of hydrogen-bond acceptors (Lipinski definition) is 5. The van der Waals surface area contributed by atoms with E-state index >= 15 is 0 Å². The maximum absolute atomic E-state index is 13.1. The fraction of sp³-hybridized carbons (Fsp3) is 0.393. The fourth-order valence-corrected chi connectivity index (χ4v) is 5.19. The van der Waals surface area contributed by atoms with Crippen molar-refractivity contribution >= 4 is 29.0 Å². The number of thiazole rings is 1. The Balaban J connectivity index is 1.34. The van der Waals surface area contributed by atoms with E-state index in [1.165, 1.54) is 16.9 Å². The Labute approximate surface area is 217 Å². The number of para-hydroxylation sites is 1. The zero-order chi connectivity index (χ0) is 25.7. The molecule has 0 spiro atoms. The van der Waals surface area contributed by atoms with Crippen molar-refractivity contribution in [3.63, 3.8) is 0 Å². The van der Waals surface area contributed by atoms with E-state index in [9.17, 15) is 9.59 Å². The van der Waals surface area contributed by atoms with Crippen LogP contribution in [0.1, 0.15) is 46.0 Å².